The van der Waals surface area contributed by atoms with Crippen molar-refractivity contribution in [2.45, 2.75) is 22.5 Å². The van der Waals surface area contributed by atoms with Gasteiger partial charge in [0.15, 0.2) is 0 Å². The highest BCUT2D eigenvalue weighted by Gasteiger charge is 2.41. The van der Waals surface area contributed by atoms with E-state index in [1.807, 2.05) is 36.2 Å². The van der Waals surface area contributed by atoms with Crippen molar-refractivity contribution in [2.24, 2.45) is 0 Å². The minimum Gasteiger partial charge on any atom is -0.383 e. The molecule has 1 aliphatic carbocycles. The Bertz CT molecular complexity index is 447. The third-order valence-electron chi connectivity index (χ3n) is 3.20. The molecular weight excluding hydrogens is 248 g/mol. The zero-order valence-electron chi connectivity index (χ0n) is 10.1. The molecule has 0 amide bonds. The van der Waals surface area contributed by atoms with Gasteiger partial charge in [-0.3, -0.25) is 0 Å². The quantitative estimate of drug-likeness (QED) is 0.824. The third kappa shape index (κ3) is 2.72. The number of thioether (sulfide) groups is 2. The molecule has 0 bridgehead atoms. The second-order valence-electron chi connectivity index (χ2n) is 4.24. The van der Waals surface area contributed by atoms with E-state index in [2.05, 4.69) is 17.6 Å². The smallest absolute Gasteiger partial charge is 0.102 e. The zero-order valence-corrected chi connectivity index (χ0v) is 11.8. The number of nitrogens with zero attached hydrogens (tertiary/aromatic N) is 1. The maximum absolute atomic E-state index is 9.22. The second-order valence-corrected chi connectivity index (χ2v) is 6.36. The van der Waals surface area contributed by atoms with Crippen molar-refractivity contribution in [3.8, 4) is 6.07 Å². The van der Waals surface area contributed by atoms with E-state index < -0.39 is 0 Å². The van der Waals surface area contributed by atoms with Crippen LogP contribution in [0, 0.1) is 11.3 Å². The number of hydrogen-bond acceptors (Lipinski definition) is 4. The molecule has 1 N–H and O–H groups in total. The topological polar surface area (TPSA) is 35.8 Å². The summed E-state index contributed by atoms with van der Waals surface area (Å²) in [6, 6.07) is 8.30. The summed E-state index contributed by atoms with van der Waals surface area (Å²) in [7, 11) is 0. The molecule has 1 fully saturated rings. The van der Waals surface area contributed by atoms with Gasteiger partial charge in [0.05, 0.1) is 11.3 Å². The Labute approximate surface area is 111 Å². The van der Waals surface area contributed by atoms with Crippen molar-refractivity contribution in [1.82, 2.24) is 0 Å². The van der Waals surface area contributed by atoms with Crippen LogP contribution in [0.1, 0.15) is 18.4 Å². The van der Waals surface area contributed by atoms with Gasteiger partial charge in [-0.1, -0.05) is 6.07 Å². The summed E-state index contributed by atoms with van der Waals surface area (Å²) in [5, 5.41) is 12.7. The first-order valence-corrected chi connectivity index (χ1v) is 8.06. The third-order valence-corrected chi connectivity index (χ3v) is 5.40. The molecule has 1 saturated carbocycles. The van der Waals surface area contributed by atoms with Gasteiger partial charge in [-0.25, -0.2) is 0 Å². The fraction of sp³-hybridized carbons (Fsp3) is 0.462. The van der Waals surface area contributed by atoms with Crippen molar-refractivity contribution < 1.29 is 0 Å². The Morgan fingerprint density at radius 3 is 2.71 bits per heavy atom. The first kappa shape index (κ1) is 12.7. The normalized spacial score (nSPS) is 16.3. The van der Waals surface area contributed by atoms with E-state index in [1.165, 1.54) is 12.8 Å². The molecule has 4 heteroatoms. The Morgan fingerprint density at radius 2 is 2.18 bits per heavy atom. The Hall–Kier alpha value is -0.790. The molecule has 0 radical (unpaired) electrons. The molecule has 17 heavy (non-hydrogen) atoms. The predicted molar refractivity (Wildman–Crippen MR) is 76.9 cm³/mol. The fourth-order valence-corrected chi connectivity index (χ4v) is 3.11. The summed E-state index contributed by atoms with van der Waals surface area (Å²) in [6.45, 7) is 0.959. The standard InChI is InChI=1S/C13H16N2S2/c1-16-12-5-3-4-11(10(12)8-14)15-9-13(17-2)6-7-13/h3-5,15H,6-7,9H2,1-2H3. The van der Waals surface area contributed by atoms with Crippen molar-refractivity contribution in [1.29, 1.82) is 5.26 Å². The molecule has 0 aliphatic heterocycles. The van der Waals surface area contributed by atoms with Gasteiger partial charge in [-0.05, 0) is 37.5 Å². The molecule has 0 aromatic heterocycles. The number of nitrogens with one attached hydrogen (secondary N) is 1. The maximum Gasteiger partial charge on any atom is 0.102 e. The van der Waals surface area contributed by atoms with Gasteiger partial charge in [-0.15, -0.1) is 11.8 Å². The van der Waals surface area contributed by atoms with E-state index in [-0.39, 0.29) is 0 Å². The van der Waals surface area contributed by atoms with Gasteiger partial charge in [0, 0.05) is 16.2 Å². The van der Waals surface area contributed by atoms with Gasteiger partial charge in [0.25, 0.3) is 0 Å². The van der Waals surface area contributed by atoms with E-state index >= 15 is 0 Å². The van der Waals surface area contributed by atoms with Crippen LogP contribution in [0.3, 0.4) is 0 Å². The van der Waals surface area contributed by atoms with E-state index in [4.69, 9.17) is 0 Å². The molecule has 0 saturated heterocycles. The lowest BCUT2D eigenvalue weighted by molar-refractivity contribution is 0.947. The zero-order chi connectivity index (χ0) is 12.3. The van der Waals surface area contributed by atoms with Crippen LogP contribution >= 0.6 is 23.5 Å². The molecule has 2 rings (SSSR count). The molecule has 0 atom stereocenters. The summed E-state index contributed by atoms with van der Waals surface area (Å²) < 4.78 is 0.419. The van der Waals surface area contributed by atoms with Crippen LogP contribution in [-0.4, -0.2) is 23.8 Å². The van der Waals surface area contributed by atoms with Crippen molar-refractivity contribution in [2.75, 3.05) is 24.4 Å². The van der Waals surface area contributed by atoms with Crippen LogP contribution in [0.5, 0.6) is 0 Å². The molecular formula is C13H16N2S2. The highest BCUT2D eigenvalue weighted by Crippen LogP contribution is 2.47. The predicted octanol–water partition coefficient (Wildman–Crippen LogP) is 3.59. The first-order chi connectivity index (χ1) is 8.24. The van der Waals surface area contributed by atoms with Crippen LogP contribution < -0.4 is 5.32 Å². The van der Waals surface area contributed by atoms with Crippen molar-refractivity contribution in [3.05, 3.63) is 23.8 Å². The van der Waals surface area contributed by atoms with Crippen LogP contribution in [0.15, 0.2) is 23.1 Å². The summed E-state index contributed by atoms with van der Waals surface area (Å²) in [5.41, 5.74) is 1.75. The van der Waals surface area contributed by atoms with E-state index in [1.54, 1.807) is 11.8 Å². The molecule has 1 aliphatic rings. The lowest BCUT2D eigenvalue weighted by Crippen LogP contribution is -2.18. The molecule has 0 heterocycles. The molecule has 1 aromatic rings. The summed E-state index contributed by atoms with van der Waals surface area (Å²) in [5.74, 6) is 0. The van der Waals surface area contributed by atoms with E-state index in [0.29, 0.717) is 4.75 Å². The number of benzene rings is 1. The maximum atomic E-state index is 9.22. The summed E-state index contributed by atoms with van der Waals surface area (Å²) in [4.78, 5) is 1.05. The van der Waals surface area contributed by atoms with Crippen LogP contribution in [-0.2, 0) is 0 Å². The number of rotatable bonds is 5. The van der Waals surface area contributed by atoms with Crippen LogP contribution in [0.4, 0.5) is 5.69 Å². The number of nitriles is 1. The highest BCUT2D eigenvalue weighted by molar-refractivity contribution is 8.00. The lowest BCUT2D eigenvalue weighted by Gasteiger charge is -2.15. The van der Waals surface area contributed by atoms with Crippen molar-refractivity contribution >= 4 is 29.2 Å². The fourth-order valence-electron chi connectivity index (χ4n) is 1.81. The first-order valence-electron chi connectivity index (χ1n) is 5.61. The average Bonchev–Trinajstić information content (AvgIpc) is 3.16. The van der Waals surface area contributed by atoms with Gasteiger partial charge >= 0.3 is 0 Å². The second kappa shape index (κ2) is 5.24. The van der Waals surface area contributed by atoms with Gasteiger partial charge < -0.3 is 5.32 Å². The van der Waals surface area contributed by atoms with Gasteiger partial charge in [0.2, 0.25) is 0 Å². The largest absolute Gasteiger partial charge is 0.383 e. The molecule has 90 valence electrons. The minimum atomic E-state index is 0.419. The van der Waals surface area contributed by atoms with Crippen LogP contribution in [0.25, 0.3) is 0 Å². The van der Waals surface area contributed by atoms with E-state index in [0.717, 1.165) is 22.7 Å². The Kier molecular flexibility index (Phi) is 3.90. The van der Waals surface area contributed by atoms with Gasteiger partial charge in [-0.2, -0.15) is 17.0 Å². The van der Waals surface area contributed by atoms with Crippen LogP contribution in [0.2, 0.25) is 0 Å². The Morgan fingerprint density at radius 1 is 1.41 bits per heavy atom. The minimum absolute atomic E-state index is 0.419. The monoisotopic (exact) mass is 264 g/mol. The number of anilines is 1. The highest BCUT2D eigenvalue weighted by atomic mass is 32.2. The summed E-state index contributed by atoms with van der Waals surface area (Å²) >= 11 is 3.55. The number of hydrogen-bond donors (Lipinski definition) is 1. The summed E-state index contributed by atoms with van der Waals surface area (Å²) in [6.07, 6.45) is 6.74. The molecule has 0 spiro atoms. The van der Waals surface area contributed by atoms with Crippen molar-refractivity contribution in [3.63, 3.8) is 0 Å². The van der Waals surface area contributed by atoms with E-state index in [9.17, 15) is 5.26 Å². The SMILES string of the molecule is CSc1cccc(NCC2(SC)CC2)c1C#N. The lowest BCUT2D eigenvalue weighted by atomic mass is 10.2. The average molecular weight is 264 g/mol. The Balaban J connectivity index is 2.13. The van der Waals surface area contributed by atoms with Gasteiger partial charge in [0.1, 0.15) is 6.07 Å². The molecule has 2 nitrogen and oxygen atoms in total. The molecule has 1 aromatic carbocycles. The molecule has 0 unspecified atom stereocenters.